The molecule has 0 radical (unpaired) electrons. The highest BCUT2D eigenvalue weighted by Gasteiger charge is 2.00. The molecule has 1 aromatic carbocycles. The third-order valence-electron chi connectivity index (χ3n) is 2.99. The molecule has 24 heavy (non-hydrogen) atoms. The molecule has 0 atom stereocenters. The van der Waals surface area contributed by atoms with Crippen molar-refractivity contribution in [1.82, 2.24) is 5.32 Å². The second kappa shape index (κ2) is 9.53. The maximum absolute atomic E-state index is 11.2. The van der Waals surface area contributed by atoms with Crippen LogP contribution in [0.15, 0.2) is 39.5 Å². The Kier molecular flexibility index (Phi) is 7.06. The molecule has 0 aliphatic rings. The first-order valence-corrected chi connectivity index (χ1v) is 7.44. The van der Waals surface area contributed by atoms with Crippen molar-refractivity contribution in [1.29, 1.82) is 0 Å². The minimum Gasteiger partial charge on any atom is -0.491 e. The Balaban J connectivity index is 1.58. The van der Waals surface area contributed by atoms with Gasteiger partial charge >= 0.3 is 11.7 Å². The molecule has 1 amide bonds. The van der Waals surface area contributed by atoms with Crippen LogP contribution < -0.4 is 15.7 Å². The largest absolute Gasteiger partial charge is 0.491 e. The summed E-state index contributed by atoms with van der Waals surface area (Å²) in [5, 5.41) is 11.4. The number of hydrogen-bond acceptors (Lipinski definition) is 6. The lowest BCUT2D eigenvalue weighted by atomic mass is 10.2. The third-order valence-corrected chi connectivity index (χ3v) is 2.99. The summed E-state index contributed by atoms with van der Waals surface area (Å²) in [6, 6.07) is 8.33. The zero-order valence-corrected chi connectivity index (χ0v) is 13.0. The Morgan fingerprint density at radius 2 is 1.75 bits per heavy atom. The number of rotatable bonds is 10. The fourth-order valence-corrected chi connectivity index (χ4v) is 1.90. The van der Waals surface area contributed by atoms with E-state index in [1.165, 1.54) is 6.07 Å². The zero-order valence-electron chi connectivity index (χ0n) is 13.0. The van der Waals surface area contributed by atoms with E-state index in [1.807, 2.05) is 6.07 Å². The number of ether oxygens (including phenoxy) is 3. The van der Waals surface area contributed by atoms with E-state index in [-0.39, 0.29) is 6.54 Å². The summed E-state index contributed by atoms with van der Waals surface area (Å²) in [6.07, 6.45) is -1.07. The predicted octanol–water partition coefficient (Wildman–Crippen LogP) is 1.47. The Morgan fingerprint density at radius 1 is 1.04 bits per heavy atom. The van der Waals surface area contributed by atoms with E-state index in [2.05, 4.69) is 5.32 Å². The molecule has 0 unspecified atom stereocenters. The van der Waals surface area contributed by atoms with Gasteiger partial charge in [-0.3, -0.25) is 0 Å². The molecular weight excluding hydrogens is 318 g/mol. The highest BCUT2D eigenvalue weighted by Crippen LogP contribution is 2.19. The van der Waals surface area contributed by atoms with Gasteiger partial charge in [0.2, 0.25) is 0 Å². The van der Waals surface area contributed by atoms with Crippen molar-refractivity contribution in [3.05, 3.63) is 40.8 Å². The molecule has 0 bridgehead atoms. The third kappa shape index (κ3) is 6.27. The van der Waals surface area contributed by atoms with Gasteiger partial charge in [-0.25, -0.2) is 9.59 Å². The van der Waals surface area contributed by atoms with Gasteiger partial charge in [0.1, 0.15) is 17.9 Å². The second-order valence-electron chi connectivity index (χ2n) is 4.76. The van der Waals surface area contributed by atoms with Crippen LogP contribution in [-0.2, 0) is 9.47 Å². The standard InChI is InChI=1S/C16H19NO7/c18-15-4-2-12-1-3-13(11-14(12)24-15)23-10-9-22-8-7-21-6-5-17-16(19)20/h1-4,11,17H,5-10H2,(H,19,20). The van der Waals surface area contributed by atoms with Crippen molar-refractivity contribution < 1.29 is 28.5 Å². The molecule has 0 saturated heterocycles. The summed E-state index contributed by atoms with van der Waals surface area (Å²) in [5.74, 6) is 0.594. The Bertz CT molecular complexity index is 713. The SMILES string of the molecule is O=C(O)NCCOCCOCCOc1ccc2ccc(=O)oc2c1. The lowest BCUT2D eigenvalue weighted by Gasteiger charge is -2.08. The first kappa shape index (κ1) is 17.8. The monoisotopic (exact) mass is 337 g/mol. The van der Waals surface area contributed by atoms with Crippen LogP contribution in [0.25, 0.3) is 11.0 Å². The topological polar surface area (TPSA) is 107 Å². The van der Waals surface area contributed by atoms with Crippen molar-refractivity contribution >= 4 is 17.1 Å². The van der Waals surface area contributed by atoms with Crippen LogP contribution in [0, 0.1) is 0 Å². The zero-order chi connectivity index (χ0) is 17.2. The molecule has 2 aromatic rings. The number of hydrogen-bond donors (Lipinski definition) is 2. The molecule has 2 rings (SSSR count). The van der Waals surface area contributed by atoms with Crippen LogP contribution in [0.1, 0.15) is 0 Å². The number of benzene rings is 1. The number of amides is 1. The summed E-state index contributed by atoms with van der Waals surface area (Å²) >= 11 is 0. The molecule has 0 aliphatic carbocycles. The Hall–Kier alpha value is -2.58. The molecule has 1 heterocycles. The van der Waals surface area contributed by atoms with Crippen molar-refractivity contribution in [2.75, 3.05) is 39.6 Å². The first-order valence-electron chi connectivity index (χ1n) is 7.44. The highest BCUT2D eigenvalue weighted by atomic mass is 16.5. The molecule has 130 valence electrons. The maximum atomic E-state index is 11.2. The van der Waals surface area contributed by atoms with Crippen molar-refractivity contribution in [2.45, 2.75) is 0 Å². The number of nitrogens with one attached hydrogen (secondary N) is 1. The molecule has 0 fully saturated rings. The quantitative estimate of drug-likeness (QED) is 0.499. The van der Waals surface area contributed by atoms with Crippen molar-refractivity contribution in [2.24, 2.45) is 0 Å². The highest BCUT2D eigenvalue weighted by molar-refractivity contribution is 5.77. The fourth-order valence-electron chi connectivity index (χ4n) is 1.90. The van der Waals surface area contributed by atoms with E-state index >= 15 is 0 Å². The lowest BCUT2D eigenvalue weighted by Crippen LogP contribution is -2.25. The molecule has 0 spiro atoms. The molecular formula is C16H19NO7. The minimum atomic E-state index is -1.07. The van der Waals surface area contributed by atoms with Crippen LogP contribution in [0.2, 0.25) is 0 Å². The predicted molar refractivity (Wildman–Crippen MR) is 85.6 cm³/mol. The molecule has 0 aliphatic heterocycles. The van der Waals surface area contributed by atoms with Crippen LogP contribution in [0.4, 0.5) is 4.79 Å². The summed E-state index contributed by atoms with van der Waals surface area (Å²) in [6.45, 7) is 2.05. The summed E-state index contributed by atoms with van der Waals surface area (Å²) in [7, 11) is 0. The van der Waals surface area contributed by atoms with Crippen molar-refractivity contribution in [3.8, 4) is 5.75 Å². The van der Waals surface area contributed by atoms with E-state index in [0.717, 1.165) is 5.39 Å². The first-order chi connectivity index (χ1) is 11.6. The van der Waals surface area contributed by atoms with Crippen LogP contribution >= 0.6 is 0 Å². The fraction of sp³-hybridized carbons (Fsp3) is 0.375. The van der Waals surface area contributed by atoms with E-state index in [1.54, 1.807) is 18.2 Å². The number of fused-ring (bicyclic) bond motifs is 1. The Labute approximate surface area is 137 Å². The van der Waals surface area contributed by atoms with Crippen LogP contribution in [0.5, 0.6) is 5.75 Å². The van der Waals surface area contributed by atoms with Gasteiger partial charge < -0.3 is 29.1 Å². The van der Waals surface area contributed by atoms with Gasteiger partial charge in [-0.1, -0.05) is 0 Å². The van der Waals surface area contributed by atoms with Crippen LogP contribution in [-0.4, -0.2) is 50.8 Å². The van der Waals surface area contributed by atoms with E-state index in [4.69, 9.17) is 23.7 Å². The summed E-state index contributed by atoms with van der Waals surface area (Å²) in [4.78, 5) is 21.4. The molecule has 2 N–H and O–H groups in total. The molecule has 1 aromatic heterocycles. The van der Waals surface area contributed by atoms with E-state index in [0.29, 0.717) is 44.4 Å². The van der Waals surface area contributed by atoms with Gasteiger partial charge in [0, 0.05) is 24.1 Å². The minimum absolute atomic E-state index is 0.247. The van der Waals surface area contributed by atoms with Gasteiger partial charge in [0.25, 0.3) is 0 Å². The lowest BCUT2D eigenvalue weighted by molar-refractivity contribution is 0.0374. The molecule has 8 nitrogen and oxygen atoms in total. The van der Waals surface area contributed by atoms with Crippen LogP contribution in [0.3, 0.4) is 0 Å². The smallest absolute Gasteiger partial charge is 0.404 e. The number of carbonyl (C=O) groups is 1. The average molecular weight is 337 g/mol. The molecule has 8 heteroatoms. The van der Waals surface area contributed by atoms with Gasteiger partial charge in [-0.05, 0) is 18.2 Å². The molecule has 0 saturated carbocycles. The summed E-state index contributed by atoms with van der Waals surface area (Å²) in [5.41, 5.74) is 0.0748. The maximum Gasteiger partial charge on any atom is 0.404 e. The second-order valence-corrected chi connectivity index (χ2v) is 4.76. The van der Waals surface area contributed by atoms with Gasteiger partial charge in [-0.15, -0.1) is 0 Å². The number of carboxylic acid groups (broad SMARTS) is 1. The van der Waals surface area contributed by atoms with E-state index in [9.17, 15) is 9.59 Å². The van der Waals surface area contributed by atoms with Gasteiger partial charge in [0.15, 0.2) is 0 Å². The van der Waals surface area contributed by atoms with Gasteiger partial charge in [-0.2, -0.15) is 0 Å². The van der Waals surface area contributed by atoms with Gasteiger partial charge in [0.05, 0.1) is 26.4 Å². The van der Waals surface area contributed by atoms with Crippen molar-refractivity contribution in [3.63, 3.8) is 0 Å². The normalized spacial score (nSPS) is 10.7. The summed E-state index contributed by atoms with van der Waals surface area (Å²) < 4.78 is 21.1. The van der Waals surface area contributed by atoms with E-state index < -0.39 is 11.7 Å². The average Bonchev–Trinajstić information content (AvgIpc) is 2.56. The Morgan fingerprint density at radius 3 is 2.54 bits per heavy atom.